The van der Waals surface area contributed by atoms with Crippen LogP contribution in [-0.4, -0.2) is 31.0 Å². The van der Waals surface area contributed by atoms with E-state index in [1.54, 1.807) is 57.0 Å². The molecule has 2 unspecified atom stereocenters. The van der Waals surface area contributed by atoms with Gasteiger partial charge in [0.15, 0.2) is 11.5 Å². The lowest BCUT2D eigenvalue weighted by molar-refractivity contribution is -0.128. The fourth-order valence-corrected chi connectivity index (χ4v) is 4.32. The van der Waals surface area contributed by atoms with Crippen molar-refractivity contribution in [2.24, 2.45) is 0 Å². The molecule has 3 aromatic rings. The number of nitrogens with zero attached hydrogens (tertiary/aromatic N) is 1. The fraction of sp³-hybridized carbons (Fsp3) is 0.250. The second-order valence-electron chi connectivity index (χ2n) is 8.33. The fourth-order valence-electron chi connectivity index (χ4n) is 4.32. The Morgan fingerprint density at radius 1 is 1.06 bits per heavy atom. The lowest BCUT2D eigenvalue weighted by Gasteiger charge is -2.28. The van der Waals surface area contributed by atoms with E-state index < -0.39 is 11.9 Å². The quantitative estimate of drug-likeness (QED) is 0.482. The molecule has 1 aliphatic carbocycles. The third-order valence-electron chi connectivity index (χ3n) is 6.09. The molecule has 7 heteroatoms. The summed E-state index contributed by atoms with van der Waals surface area (Å²) in [4.78, 5) is 30.3. The van der Waals surface area contributed by atoms with Crippen LogP contribution in [0, 0.1) is 0 Å². The molecule has 1 aromatic heterocycles. The topological polar surface area (TPSA) is 89.5 Å². The summed E-state index contributed by atoms with van der Waals surface area (Å²) in [5, 5.41) is 5.98. The number of carbonyl (C=O) groups is 2. The third-order valence-corrected chi connectivity index (χ3v) is 6.09. The normalized spacial score (nSPS) is 15.7. The maximum absolute atomic E-state index is 13.4. The van der Waals surface area contributed by atoms with Crippen molar-refractivity contribution in [2.75, 3.05) is 14.2 Å². The molecule has 35 heavy (non-hydrogen) atoms. The lowest BCUT2D eigenvalue weighted by atomic mass is 9.87. The molecule has 2 atom stereocenters. The SMILES string of the molecule is COc1ccc(/C=C/C(=O)NC(C(=O)NC2CCCc3ccccc32)c2cccnc2)cc1OC. The average molecular weight is 472 g/mol. The van der Waals surface area contributed by atoms with Crippen molar-refractivity contribution in [3.8, 4) is 11.5 Å². The standard InChI is InChI=1S/C28H29N3O4/c1-34-24-14-12-19(17-25(24)35-2)13-15-26(32)31-27(21-9-6-16-29-18-21)28(33)30-23-11-5-8-20-7-3-4-10-22(20)23/h3-4,6-7,9-10,12-18,23,27H,5,8,11H2,1-2H3,(H,30,33)(H,31,32)/b15-13+. The number of aromatic nitrogens is 1. The molecule has 0 bridgehead atoms. The molecule has 7 nitrogen and oxygen atoms in total. The molecule has 180 valence electrons. The van der Waals surface area contributed by atoms with Crippen molar-refractivity contribution in [1.29, 1.82) is 0 Å². The van der Waals surface area contributed by atoms with Gasteiger partial charge >= 0.3 is 0 Å². The Labute approximate surface area is 205 Å². The summed E-state index contributed by atoms with van der Waals surface area (Å²) in [5.74, 6) is 0.502. The molecule has 0 saturated carbocycles. The zero-order chi connectivity index (χ0) is 24.6. The van der Waals surface area contributed by atoms with Crippen molar-refractivity contribution in [3.63, 3.8) is 0 Å². The molecule has 0 radical (unpaired) electrons. The Hall–Kier alpha value is -4.13. The highest BCUT2D eigenvalue weighted by molar-refractivity contribution is 5.96. The average Bonchev–Trinajstić information content (AvgIpc) is 2.91. The Morgan fingerprint density at radius 2 is 1.89 bits per heavy atom. The minimum absolute atomic E-state index is 0.0918. The monoisotopic (exact) mass is 471 g/mol. The number of hydrogen-bond acceptors (Lipinski definition) is 5. The number of fused-ring (bicyclic) bond motifs is 1. The summed E-state index contributed by atoms with van der Waals surface area (Å²) in [6.07, 6.45) is 9.15. The van der Waals surface area contributed by atoms with Crippen molar-refractivity contribution < 1.29 is 19.1 Å². The van der Waals surface area contributed by atoms with E-state index in [0.717, 1.165) is 30.4 Å². The van der Waals surface area contributed by atoms with E-state index in [9.17, 15) is 9.59 Å². The van der Waals surface area contributed by atoms with Gasteiger partial charge < -0.3 is 20.1 Å². The van der Waals surface area contributed by atoms with Gasteiger partial charge in [0.1, 0.15) is 6.04 Å². The van der Waals surface area contributed by atoms with Crippen LogP contribution >= 0.6 is 0 Å². The van der Waals surface area contributed by atoms with Crippen LogP contribution in [0.4, 0.5) is 0 Å². The molecule has 2 amide bonds. The maximum Gasteiger partial charge on any atom is 0.247 e. The van der Waals surface area contributed by atoms with Gasteiger partial charge in [0.05, 0.1) is 20.3 Å². The highest BCUT2D eigenvalue weighted by Gasteiger charge is 2.27. The van der Waals surface area contributed by atoms with Crippen LogP contribution in [-0.2, 0) is 16.0 Å². The zero-order valence-electron chi connectivity index (χ0n) is 19.9. The van der Waals surface area contributed by atoms with E-state index in [0.29, 0.717) is 17.1 Å². The van der Waals surface area contributed by atoms with Crippen molar-refractivity contribution in [3.05, 3.63) is 95.3 Å². The van der Waals surface area contributed by atoms with E-state index in [1.165, 1.54) is 11.6 Å². The molecule has 1 aliphatic rings. The molecule has 1 heterocycles. The van der Waals surface area contributed by atoms with Crippen molar-refractivity contribution >= 4 is 17.9 Å². The van der Waals surface area contributed by atoms with Gasteiger partial charge in [0, 0.05) is 24.0 Å². The van der Waals surface area contributed by atoms with E-state index in [4.69, 9.17) is 9.47 Å². The van der Waals surface area contributed by atoms with Crippen LogP contribution < -0.4 is 20.1 Å². The maximum atomic E-state index is 13.4. The highest BCUT2D eigenvalue weighted by Crippen LogP contribution is 2.30. The minimum atomic E-state index is -0.875. The van der Waals surface area contributed by atoms with Gasteiger partial charge in [-0.3, -0.25) is 14.6 Å². The van der Waals surface area contributed by atoms with Crippen LogP contribution in [0.1, 0.15) is 47.2 Å². The largest absolute Gasteiger partial charge is 0.493 e. The first-order chi connectivity index (χ1) is 17.1. The van der Waals surface area contributed by atoms with E-state index >= 15 is 0 Å². The van der Waals surface area contributed by atoms with E-state index in [2.05, 4.69) is 27.8 Å². The first-order valence-electron chi connectivity index (χ1n) is 11.6. The number of aryl methyl sites for hydroxylation is 1. The molecule has 2 aromatic carbocycles. The molecule has 2 N–H and O–H groups in total. The number of amides is 2. The summed E-state index contributed by atoms with van der Waals surface area (Å²) >= 11 is 0. The number of rotatable bonds is 8. The van der Waals surface area contributed by atoms with Crippen LogP contribution in [0.15, 0.2) is 73.1 Å². The summed E-state index contributed by atoms with van der Waals surface area (Å²) in [6, 6.07) is 16.1. The molecular formula is C28H29N3O4. The molecule has 0 aliphatic heterocycles. The number of pyridine rings is 1. The highest BCUT2D eigenvalue weighted by atomic mass is 16.5. The molecule has 0 fully saturated rings. The smallest absolute Gasteiger partial charge is 0.247 e. The summed E-state index contributed by atoms with van der Waals surface area (Å²) in [6.45, 7) is 0. The first kappa shape index (κ1) is 24.0. The number of ether oxygens (including phenoxy) is 2. The van der Waals surface area contributed by atoms with Crippen molar-refractivity contribution in [2.45, 2.75) is 31.3 Å². The lowest BCUT2D eigenvalue weighted by Crippen LogP contribution is -2.42. The van der Waals surface area contributed by atoms with Crippen LogP contribution in [0.25, 0.3) is 6.08 Å². The Morgan fingerprint density at radius 3 is 2.66 bits per heavy atom. The zero-order valence-corrected chi connectivity index (χ0v) is 19.9. The second kappa shape index (κ2) is 11.3. The number of carbonyl (C=O) groups excluding carboxylic acids is 2. The third kappa shape index (κ3) is 5.87. The molecule has 4 rings (SSSR count). The molecular weight excluding hydrogens is 442 g/mol. The Kier molecular flexibility index (Phi) is 7.77. The predicted molar refractivity (Wildman–Crippen MR) is 134 cm³/mol. The van der Waals surface area contributed by atoms with Crippen LogP contribution in [0.5, 0.6) is 11.5 Å². The number of hydrogen-bond donors (Lipinski definition) is 2. The predicted octanol–water partition coefficient (Wildman–Crippen LogP) is 4.16. The molecule has 0 saturated heterocycles. The van der Waals surface area contributed by atoms with Gasteiger partial charge in [-0.25, -0.2) is 0 Å². The van der Waals surface area contributed by atoms with Gasteiger partial charge in [-0.05, 0) is 60.2 Å². The number of benzene rings is 2. The first-order valence-corrected chi connectivity index (χ1v) is 11.6. The minimum Gasteiger partial charge on any atom is -0.493 e. The second-order valence-corrected chi connectivity index (χ2v) is 8.33. The van der Waals surface area contributed by atoms with E-state index in [1.807, 2.05) is 18.2 Å². The van der Waals surface area contributed by atoms with Crippen molar-refractivity contribution in [1.82, 2.24) is 15.6 Å². The summed E-state index contributed by atoms with van der Waals surface area (Å²) < 4.78 is 10.6. The van der Waals surface area contributed by atoms with Gasteiger partial charge in [0.25, 0.3) is 0 Å². The molecule has 0 spiro atoms. The number of methoxy groups -OCH3 is 2. The Bertz CT molecular complexity index is 1210. The van der Waals surface area contributed by atoms with E-state index in [-0.39, 0.29) is 11.9 Å². The number of nitrogens with one attached hydrogen (secondary N) is 2. The van der Waals surface area contributed by atoms with Gasteiger partial charge in [0.2, 0.25) is 11.8 Å². The van der Waals surface area contributed by atoms with Gasteiger partial charge in [-0.1, -0.05) is 36.4 Å². The summed E-state index contributed by atoms with van der Waals surface area (Å²) in [5.41, 5.74) is 3.77. The van der Waals surface area contributed by atoms with Gasteiger partial charge in [-0.2, -0.15) is 0 Å². The van der Waals surface area contributed by atoms with Gasteiger partial charge in [-0.15, -0.1) is 0 Å². The summed E-state index contributed by atoms with van der Waals surface area (Å²) in [7, 11) is 3.12. The Balaban J connectivity index is 1.50. The van der Waals surface area contributed by atoms with Crippen LogP contribution in [0.2, 0.25) is 0 Å². The van der Waals surface area contributed by atoms with Crippen LogP contribution in [0.3, 0.4) is 0 Å².